The number of anilines is 1. The molecule has 0 spiro atoms. The molecule has 0 aliphatic heterocycles. The van der Waals surface area contributed by atoms with Crippen molar-refractivity contribution in [2.45, 2.75) is 31.4 Å². The van der Waals surface area contributed by atoms with Crippen LogP contribution in [0.2, 0.25) is 0 Å². The Morgan fingerprint density at radius 2 is 2.00 bits per heavy atom. The van der Waals surface area contributed by atoms with Crippen molar-refractivity contribution in [3.63, 3.8) is 0 Å². The van der Waals surface area contributed by atoms with E-state index in [-0.39, 0.29) is 12.1 Å². The molecule has 5 rings (SSSR count). The highest BCUT2D eigenvalue weighted by Gasteiger charge is 2.24. The van der Waals surface area contributed by atoms with Crippen LogP contribution in [0.4, 0.5) is 5.82 Å². The number of hydrogen-bond acceptors (Lipinski definition) is 6. The molecule has 0 radical (unpaired) electrons. The standard InChI is InChI=1S/C19H18N6O/c26-13-7-6-12(9-13)23-18-16-19(22-10-21-18)25-17(24-16)14-5-1-3-11-4-2-8-20-15(11)14/h1-5,8,10,12-13,26H,6-7,9H2,(H2,21,22,23,24,25)/t12-,13+/m1/s1. The molecule has 7 nitrogen and oxygen atoms in total. The molecular formula is C19H18N6O. The Balaban J connectivity index is 1.58. The van der Waals surface area contributed by atoms with E-state index in [9.17, 15) is 5.11 Å². The number of aromatic amines is 1. The van der Waals surface area contributed by atoms with Crippen molar-refractivity contribution < 1.29 is 5.11 Å². The highest BCUT2D eigenvalue weighted by molar-refractivity contribution is 5.94. The lowest BCUT2D eigenvalue weighted by Gasteiger charge is -2.12. The highest BCUT2D eigenvalue weighted by atomic mass is 16.3. The van der Waals surface area contributed by atoms with E-state index in [0.29, 0.717) is 5.65 Å². The van der Waals surface area contributed by atoms with E-state index in [1.807, 2.05) is 30.3 Å². The van der Waals surface area contributed by atoms with Crippen molar-refractivity contribution in [1.29, 1.82) is 0 Å². The van der Waals surface area contributed by atoms with Crippen LogP contribution in [0.15, 0.2) is 42.9 Å². The number of nitrogens with one attached hydrogen (secondary N) is 2. The molecule has 1 aliphatic rings. The average Bonchev–Trinajstić information content (AvgIpc) is 3.28. The van der Waals surface area contributed by atoms with Gasteiger partial charge in [0.05, 0.1) is 11.6 Å². The summed E-state index contributed by atoms with van der Waals surface area (Å²) in [7, 11) is 0. The van der Waals surface area contributed by atoms with Gasteiger partial charge in [0.1, 0.15) is 17.7 Å². The molecule has 1 aromatic carbocycles. The fourth-order valence-electron chi connectivity index (χ4n) is 3.64. The van der Waals surface area contributed by atoms with Gasteiger partial charge in [-0.2, -0.15) is 0 Å². The SMILES string of the molecule is O[C@H]1CC[C@@H](Nc2ncnc3nc(-c4cccc5cccnc45)[nH]c23)C1. The van der Waals surface area contributed by atoms with E-state index in [4.69, 9.17) is 0 Å². The smallest absolute Gasteiger partial charge is 0.183 e. The van der Waals surface area contributed by atoms with E-state index < -0.39 is 0 Å². The lowest BCUT2D eigenvalue weighted by Crippen LogP contribution is -2.17. The quantitative estimate of drug-likeness (QED) is 0.527. The molecule has 1 aliphatic carbocycles. The van der Waals surface area contributed by atoms with Gasteiger partial charge in [-0.15, -0.1) is 0 Å². The first-order valence-corrected chi connectivity index (χ1v) is 8.77. The fourth-order valence-corrected chi connectivity index (χ4v) is 3.64. The number of nitrogens with zero attached hydrogens (tertiary/aromatic N) is 4. The molecule has 1 fully saturated rings. The van der Waals surface area contributed by atoms with Crippen molar-refractivity contribution in [2.75, 3.05) is 5.32 Å². The number of aliphatic hydroxyl groups excluding tert-OH is 1. The van der Waals surface area contributed by atoms with Gasteiger partial charge < -0.3 is 15.4 Å². The predicted octanol–water partition coefficient (Wildman–Crippen LogP) is 2.89. The average molecular weight is 346 g/mol. The summed E-state index contributed by atoms with van der Waals surface area (Å²) < 4.78 is 0. The first kappa shape index (κ1) is 15.2. The summed E-state index contributed by atoms with van der Waals surface area (Å²) in [6, 6.07) is 10.2. The molecule has 4 aromatic rings. The maximum absolute atomic E-state index is 9.74. The third-order valence-corrected chi connectivity index (χ3v) is 4.92. The minimum absolute atomic E-state index is 0.217. The minimum Gasteiger partial charge on any atom is -0.393 e. The van der Waals surface area contributed by atoms with Crippen molar-refractivity contribution in [3.05, 3.63) is 42.9 Å². The zero-order valence-electron chi connectivity index (χ0n) is 14.1. The van der Waals surface area contributed by atoms with Crippen LogP contribution >= 0.6 is 0 Å². The van der Waals surface area contributed by atoms with Gasteiger partial charge in [-0.05, 0) is 31.4 Å². The van der Waals surface area contributed by atoms with Crippen LogP contribution in [0.3, 0.4) is 0 Å². The highest BCUT2D eigenvalue weighted by Crippen LogP contribution is 2.29. The van der Waals surface area contributed by atoms with Crippen LogP contribution in [-0.4, -0.2) is 42.2 Å². The molecule has 3 N–H and O–H groups in total. The third-order valence-electron chi connectivity index (χ3n) is 4.92. The number of fused-ring (bicyclic) bond motifs is 2. The molecule has 130 valence electrons. The zero-order valence-corrected chi connectivity index (χ0v) is 14.1. The van der Waals surface area contributed by atoms with Gasteiger partial charge in [0.2, 0.25) is 0 Å². The van der Waals surface area contributed by atoms with Crippen LogP contribution in [0.1, 0.15) is 19.3 Å². The summed E-state index contributed by atoms with van der Waals surface area (Å²) in [5.41, 5.74) is 3.22. The molecule has 2 atom stereocenters. The molecule has 7 heteroatoms. The number of aliphatic hydroxyl groups is 1. The maximum atomic E-state index is 9.74. The van der Waals surface area contributed by atoms with Crippen molar-refractivity contribution in [1.82, 2.24) is 24.9 Å². The Labute approximate surface area is 149 Å². The number of H-pyrrole nitrogens is 1. The number of imidazole rings is 1. The Morgan fingerprint density at radius 1 is 1.08 bits per heavy atom. The normalized spacial score (nSPS) is 20.0. The molecule has 0 amide bonds. The van der Waals surface area contributed by atoms with Crippen LogP contribution in [-0.2, 0) is 0 Å². The monoisotopic (exact) mass is 346 g/mol. The lowest BCUT2D eigenvalue weighted by atomic mass is 10.1. The second-order valence-electron chi connectivity index (χ2n) is 6.70. The van der Waals surface area contributed by atoms with Crippen molar-refractivity contribution in [2.24, 2.45) is 0 Å². The van der Waals surface area contributed by atoms with Crippen LogP contribution < -0.4 is 5.32 Å². The van der Waals surface area contributed by atoms with Crippen molar-refractivity contribution >= 4 is 27.9 Å². The number of benzene rings is 1. The van der Waals surface area contributed by atoms with Gasteiger partial charge in [0.25, 0.3) is 0 Å². The molecule has 0 bridgehead atoms. The Morgan fingerprint density at radius 3 is 2.88 bits per heavy atom. The van der Waals surface area contributed by atoms with E-state index in [1.54, 1.807) is 6.20 Å². The second-order valence-corrected chi connectivity index (χ2v) is 6.70. The second kappa shape index (κ2) is 6.03. The number of para-hydroxylation sites is 1. The van der Waals surface area contributed by atoms with E-state index in [0.717, 1.165) is 52.9 Å². The summed E-state index contributed by atoms with van der Waals surface area (Å²) in [5, 5.41) is 14.2. The Hall–Kier alpha value is -3.06. The van der Waals surface area contributed by atoms with Crippen LogP contribution in [0, 0.1) is 0 Å². The number of rotatable bonds is 3. The predicted molar refractivity (Wildman–Crippen MR) is 99.7 cm³/mol. The van der Waals surface area contributed by atoms with Crippen molar-refractivity contribution in [3.8, 4) is 11.4 Å². The van der Waals surface area contributed by atoms with Gasteiger partial charge in [-0.3, -0.25) is 4.98 Å². The molecule has 0 unspecified atom stereocenters. The maximum Gasteiger partial charge on any atom is 0.183 e. The third kappa shape index (κ3) is 2.57. The summed E-state index contributed by atoms with van der Waals surface area (Å²) in [6.45, 7) is 0. The number of pyridine rings is 1. The van der Waals surface area contributed by atoms with Gasteiger partial charge in [0.15, 0.2) is 11.5 Å². The molecular weight excluding hydrogens is 328 g/mol. The first-order chi connectivity index (χ1) is 12.8. The van der Waals surface area contributed by atoms with Gasteiger partial charge in [-0.25, -0.2) is 15.0 Å². The topological polar surface area (TPSA) is 99.6 Å². The molecule has 26 heavy (non-hydrogen) atoms. The van der Waals surface area contributed by atoms with Crippen LogP contribution in [0.25, 0.3) is 33.5 Å². The summed E-state index contributed by atoms with van der Waals surface area (Å²) in [5.74, 6) is 1.44. The molecule has 3 aromatic heterocycles. The van der Waals surface area contributed by atoms with E-state index >= 15 is 0 Å². The Kier molecular flexibility index (Phi) is 3.53. The minimum atomic E-state index is -0.232. The summed E-state index contributed by atoms with van der Waals surface area (Å²) in [4.78, 5) is 21.2. The molecule has 3 heterocycles. The summed E-state index contributed by atoms with van der Waals surface area (Å²) in [6.07, 6.45) is 5.56. The van der Waals surface area contributed by atoms with Gasteiger partial charge >= 0.3 is 0 Å². The van der Waals surface area contributed by atoms with Crippen LogP contribution in [0.5, 0.6) is 0 Å². The molecule has 0 saturated heterocycles. The van der Waals surface area contributed by atoms with Gasteiger partial charge in [0, 0.05) is 23.2 Å². The molecule has 1 saturated carbocycles. The number of aromatic nitrogens is 5. The largest absolute Gasteiger partial charge is 0.393 e. The number of hydrogen-bond donors (Lipinski definition) is 3. The zero-order chi connectivity index (χ0) is 17.5. The lowest BCUT2D eigenvalue weighted by molar-refractivity contribution is 0.182. The Bertz CT molecular complexity index is 1090. The van der Waals surface area contributed by atoms with E-state index in [2.05, 4.69) is 30.2 Å². The van der Waals surface area contributed by atoms with Gasteiger partial charge in [-0.1, -0.05) is 18.2 Å². The summed E-state index contributed by atoms with van der Waals surface area (Å²) >= 11 is 0. The van der Waals surface area contributed by atoms with E-state index in [1.165, 1.54) is 6.33 Å². The first-order valence-electron chi connectivity index (χ1n) is 8.77. The fraction of sp³-hybridized carbons (Fsp3) is 0.263.